The number of carbonyl (C=O) groups excluding carboxylic acids is 2. The van der Waals surface area contributed by atoms with Crippen molar-refractivity contribution in [3.05, 3.63) is 29.8 Å². The van der Waals surface area contributed by atoms with Gasteiger partial charge in [0.2, 0.25) is 11.8 Å². The molecule has 9 nitrogen and oxygen atoms in total. The smallest absolute Gasteiger partial charge is 0.326 e. The van der Waals surface area contributed by atoms with Crippen LogP contribution in [0.15, 0.2) is 24.3 Å². The van der Waals surface area contributed by atoms with Crippen molar-refractivity contribution < 1.29 is 24.6 Å². The molecule has 0 aliphatic carbocycles. The maximum absolute atomic E-state index is 12.0. The summed E-state index contributed by atoms with van der Waals surface area (Å²) in [5.74, 6) is -2.52. The number of nitrogens with zero attached hydrogens (tertiary/aromatic N) is 1. The second kappa shape index (κ2) is 8.67. The Morgan fingerprint density at radius 3 is 2.28 bits per heavy atom. The average molecular weight is 350 g/mol. The minimum absolute atomic E-state index is 0.0523. The number of carbonyl (C=O) groups is 3. The van der Waals surface area contributed by atoms with Crippen molar-refractivity contribution in [2.45, 2.75) is 32.4 Å². The van der Waals surface area contributed by atoms with Crippen LogP contribution in [0.3, 0.4) is 0 Å². The van der Waals surface area contributed by atoms with E-state index in [1.807, 2.05) is 0 Å². The molecule has 0 aliphatic rings. The third-order valence-electron chi connectivity index (χ3n) is 3.70. The minimum Gasteiger partial charge on any atom is -0.508 e. The first-order valence-corrected chi connectivity index (χ1v) is 7.52. The van der Waals surface area contributed by atoms with Gasteiger partial charge in [-0.25, -0.2) is 4.79 Å². The van der Waals surface area contributed by atoms with E-state index in [0.29, 0.717) is 5.56 Å². The zero-order valence-electron chi connectivity index (χ0n) is 14.2. The van der Waals surface area contributed by atoms with E-state index < -0.39 is 29.9 Å². The molecule has 5 N–H and O–H groups in total. The molecule has 2 amide bonds. The first-order chi connectivity index (χ1) is 11.6. The van der Waals surface area contributed by atoms with E-state index >= 15 is 0 Å². The van der Waals surface area contributed by atoms with E-state index in [0.717, 1.165) is 0 Å². The molecular formula is C16H22N4O5. The number of amides is 2. The van der Waals surface area contributed by atoms with Crippen LogP contribution in [-0.4, -0.2) is 58.0 Å². The third kappa shape index (κ3) is 6.13. The average Bonchev–Trinajstić information content (AvgIpc) is 2.54. The largest absolute Gasteiger partial charge is 0.508 e. The second-order valence-electron chi connectivity index (χ2n) is 5.58. The van der Waals surface area contributed by atoms with Gasteiger partial charge in [-0.3, -0.25) is 20.3 Å². The molecule has 1 aromatic rings. The molecule has 0 heterocycles. The molecule has 0 saturated carbocycles. The molecule has 0 bridgehead atoms. The number of likely N-dealkylation sites (N-methyl/N-ethyl adjacent to an activating group) is 1. The summed E-state index contributed by atoms with van der Waals surface area (Å²) in [6, 6.07) is 4.05. The van der Waals surface area contributed by atoms with E-state index in [9.17, 15) is 24.6 Å². The molecule has 0 aromatic heterocycles. The Balaban J connectivity index is 2.67. The summed E-state index contributed by atoms with van der Waals surface area (Å²) in [6.07, 6.45) is 0.0523. The van der Waals surface area contributed by atoms with E-state index in [2.05, 4.69) is 10.6 Å². The Labute approximate surface area is 145 Å². The summed E-state index contributed by atoms with van der Waals surface area (Å²) in [4.78, 5) is 35.8. The lowest BCUT2D eigenvalue weighted by atomic mass is 10.1. The number of hydrogen-bond acceptors (Lipinski definition) is 5. The predicted octanol–water partition coefficient (Wildman–Crippen LogP) is -0.105. The molecular weight excluding hydrogens is 328 g/mol. The minimum atomic E-state index is -1.19. The number of guanidine groups is 1. The highest BCUT2D eigenvalue weighted by Gasteiger charge is 2.23. The van der Waals surface area contributed by atoms with Crippen LogP contribution in [0, 0.1) is 5.41 Å². The number of carboxylic acid groups (broad SMARTS) is 1. The van der Waals surface area contributed by atoms with Crippen LogP contribution in [0.1, 0.15) is 19.4 Å². The van der Waals surface area contributed by atoms with E-state index in [4.69, 9.17) is 5.41 Å². The van der Waals surface area contributed by atoms with E-state index in [1.54, 1.807) is 12.1 Å². The van der Waals surface area contributed by atoms with Gasteiger partial charge in [0.25, 0.3) is 0 Å². The zero-order valence-corrected chi connectivity index (χ0v) is 14.2. The lowest BCUT2D eigenvalue weighted by molar-refractivity contribution is -0.139. The number of rotatable bonds is 6. The van der Waals surface area contributed by atoms with E-state index in [1.165, 1.54) is 37.9 Å². The van der Waals surface area contributed by atoms with Gasteiger partial charge in [-0.15, -0.1) is 0 Å². The highest BCUT2D eigenvalue weighted by atomic mass is 16.4. The quantitative estimate of drug-likeness (QED) is 0.358. The Morgan fingerprint density at radius 1 is 1.24 bits per heavy atom. The number of phenols is 1. The van der Waals surface area contributed by atoms with Gasteiger partial charge in [-0.2, -0.15) is 0 Å². The van der Waals surface area contributed by atoms with Crippen LogP contribution < -0.4 is 10.6 Å². The monoisotopic (exact) mass is 350 g/mol. The molecule has 25 heavy (non-hydrogen) atoms. The maximum Gasteiger partial charge on any atom is 0.326 e. The number of aromatic hydroxyl groups is 1. The fourth-order valence-corrected chi connectivity index (χ4v) is 1.95. The van der Waals surface area contributed by atoms with Gasteiger partial charge in [0.05, 0.1) is 0 Å². The molecule has 0 aliphatic heterocycles. The molecule has 0 spiro atoms. The van der Waals surface area contributed by atoms with Gasteiger partial charge in [-0.05, 0) is 24.6 Å². The first kappa shape index (κ1) is 19.9. The Hall–Kier alpha value is -3.10. The fraction of sp³-hybridized carbons (Fsp3) is 0.375. The lowest BCUT2D eigenvalue weighted by Crippen LogP contribution is -2.53. The van der Waals surface area contributed by atoms with Crippen molar-refractivity contribution in [1.82, 2.24) is 15.5 Å². The molecule has 2 atom stereocenters. The second-order valence-corrected chi connectivity index (χ2v) is 5.58. The highest BCUT2D eigenvalue weighted by Crippen LogP contribution is 2.11. The van der Waals surface area contributed by atoms with Crippen LogP contribution in [0.25, 0.3) is 0 Å². The topological polar surface area (TPSA) is 143 Å². The van der Waals surface area contributed by atoms with Crippen molar-refractivity contribution in [2.24, 2.45) is 0 Å². The van der Waals surface area contributed by atoms with Crippen LogP contribution >= 0.6 is 0 Å². The van der Waals surface area contributed by atoms with Gasteiger partial charge in [-0.1, -0.05) is 12.1 Å². The number of nitrogens with one attached hydrogen (secondary N) is 3. The molecule has 9 heteroatoms. The molecule has 136 valence electrons. The van der Waals surface area contributed by atoms with Gasteiger partial charge in [0.15, 0.2) is 5.96 Å². The number of aliphatic carboxylic acids is 1. The number of benzene rings is 1. The number of carboxylic acids is 1. The van der Waals surface area contributed by atoms with E-state index in [-0.39, 0.29) is 18.1 Å². The summed E-state index contributed by atoms with van der Waals surface area (Å²) < 4.78 is 0. The van der Waals surface area contributed by atoms with Crippen molar-refractivity contribution in [2.75, 3.05) is 7.05 Å². The van der Waals surface area contributed by atoms with Gasteiger partial charge in [0.1, 0.15) is 17.8 Å². The highest BCUT2D eigenvalue weighted by molar-refractivity contribution is 6.00. The molecule has 0 radical (unpaired) electrons. The molecule has 0 unspecified atom stereocenters. The molecule has 1 aromatic carbocycles. The number of phenolic OH excluding ortho intramolecular Hbond substituents is 1. The van der Waals surface area contributed by atoms with Crippen LogP contribution in [-0.2, 0) is 20.8 Å². The summed E-state index contributed by atoms with van der Waals surface area (Å²) in [7, 11) is 1.45. The first-order valence-electron chi connectivity index (χ1n) is 7.52. The summed E-state index contributed by atoms with van der Waals surface area (Å²) in [5, 5.41) is 30.9. The Kier molecular flexibility index (Phi) is 6.92. The molecule has 0 saturated heterocycles. The zero-order chi connectivity index (χ0) is 19.1. The van der Waals surface area contributed by atoms with Crippen molar-refractivity contribution >= 4 is 23.7 Å². The van der Waals surface area contributed by atoms with Crippen LogP contribution in [0.5, 0.6) is 5.75 Å². The lowest BCUT2D eigenvalue weighted by Gasteiger charge is -2.23. The predicted molar refractivity (Wildman–Crippen MR) is 90.1 cm³/mol. The molecule has 0 fully saturated rings. The number of hydrogen-bond donors (Lipinski definition) is 5. The van der Waals surface area contributed by atoms with Gasteiger partial charge >= 0.3 is 5.97 Å². The van der Waals surface area contributed by atoms with Gasteiger partial charge < -0.3 is 20.4 Å². The summed E-state index contributed by atoms with van der Waals surface area (Å²) in [5.41, 5.74) is 0.640. The van der Waals surface area contributed by atoms with Crippen molar-refractivity contribution in [3.8, 4) is 5.75 Å². The summed E-state index contributed by atoms with van der Waals surface area (Å²) >= 11 is 0. The maximum atomic E-state index is 12.0. The van der Waals surface area contributed by atoms with Crippen molar-refractivity contribution in [1.29, 1.82) is 5.41 Å². The SMILES string of the molecule is CC(=O)N(C)[C@@H](C)C(=O)NC(=N)N[C@@H](Cc1ccc(O)cc1)C(=O)O. The summed E-state index contributed by atoms with van der Waals surface area (Å²) in [6.45, 7) is 2.81. The Morgan fingerprint density at radius 2 is 1.80 bits per heavy atom. The van der Waals surface area contributed by atoms with Crippen LogP contribution in [0.2, 0.25) is 0 Å². The fourth-order valence-electron chi connectivity index (χ4n) is 1.95. The van der Waals surface area contributed by atoms with Crippen LogP contribution in [0.4, 0.5) is 0 Å². The Bertz CT molecular complexity index is 659. The van der Waals surface area contributed by atoms with Crippen molar-refractivity contribution in [3.63, 3.8) is 0 Å². The third-order valence-corrected chi connectivity index (χ3v) is 3.70. The molecule has 1 rings (SSSR count). The standard InChI is InChI=1S/C16H22N4O5/c1-9(20(3)10(2)21)14(23)19-16(17)18-13(15(24)25)8-11-4-6-12(22)7-5-11/h4-7,9,13,22H,8H2,1-3H3,(H,24,25)(H3,17,18,19,23)/t9-,13-/m0/s1. The van der Waals surface area contributed by atoms with Gasteiger partial charge in [0, 0.05) is 20.4 Å². The normalized spacial score (nSPS) is 12.6.